The van der Waals surface area contributed by atoms with Gasteiger partial charge in [0.15, 0.2) is 0 Å². The predicted molar refractivity (Wildman–Crippen MR) is 64.3 cm³/mol. The Bertz CT molecular complexity index is 377. The summed E-state index contributed by atoms with van der Waals surface area (Å²) in [4.78, 5) is 11.6. The van der Waals surface area contributed by atoms with E-state index in [-0.39, 0.29) is 18.1 Å². The second kappa shape index (κ2) is 5.68. The third-order valence-corrected chi connectivity index (χ3v) is 2.83. The highest BCUT2D eigenvalue weighted by Gasteiger charge is 2.22. The van der Waals surface area contributed by atoms with Crippen molar-refractivity contribution in [3.05, 3.63) is 30.2 Å². The maximum absolute atomic E-state index is 11.6. The summed E-state index contributed by atoms with van der Waals surface area (Å²) < 4.78 is 10.6. The molecule has 1 aromatic heterocycles. The van der Waals surface area contributed by atoms with Crippen LogP contribution in [0, 0.1) is 0 Å². The first kappa shape index (κ1) is 11.9. The molecule has 4 heteroatoms. The standard InChI is InChI=1S/C13H17NO3/c1-10(12-5-3-9-17-12)14-13(15)7-6-11-4-2-8-16-11/h2,4,6-8,10,12H,3,5,9H2,1H3,(H,14,15)/b7-6+/t10-,12-/m0/s1. The average molecular weight is 235 g/mol. The van der Waals surface area contributed by atoms with E-state index in [9.17, 15) is 4.79 Å². The zero-order valence-electron chi connectivity index (χ0n) is 9.89. The lowest BCUT2D eigenvalue weighted by Gasteiger charge is -2.18. The molecule has 92 valence electrons. The highest BCUT2D eigenvalue weighted by atomic mass is 16.5. The van der Waals surface area contributed by atoms with Gasteiger partial charge in [-0.15, -0.1) is 0 Å². The highest BCUT2D eigenvalue weighted by molar-refractivity contribution is 5.91. The van der Waals surface area contributed by atoms with Gasteiger partial charge in [-0.25, -0.2) is 0 Å². The van der Waals surface area contributed by atoms with Crippen LogP contribution in [-0.2, 0) is 9.53 Å². The molecule has 17 heavy (non-hydrogen) atoms. The van der Waals surface area contributed by atoms with Crippen LogP contribution in [0.4, 0.5) is 0 Å². The summed E-state index contributed by atoms with van der Waals surface area (Å²) >= 11 is 0. The quantitative estimate of drug-likeness (QED) is 0.812. The van der Waals surface area contributed by atoms with Gasteiger partial charge in [0.25, 0.3) is 0 Å². The normalized spacial score (nSPS) is 21.8. The Morgan fingerprint density at radius 2 is 2.53 bits per heavy atom. The molecule has 2 atom stereocenters. The zero-order valence-corrected chi connectivity index (χ0v) is 9.89. The minimum Gasteiger partial charge on any atom is -0.465 e. The van der Waals surface area contributed by atoms with Gasteiger partial charge in [0.1, 0.15) is 5.76 Å². The first-order valence-corrected chi connectivity index (χ1v) is 5.89. The fraction of sp³-hybridized carbons (Fsp3) is 0.462. The smallest absolute Gasteiger partial charge is 0.244 e. The predicted octanol–water partition coefficient (Wildman–Crippen LogP) is 1.98. The zero-order chi connectivity index (χ0) is 12.1. The van der Waals surface area contributed by atoms with Crippen LogP contribution in [0.5, 0.6) is 0 Å². The SMILES string of the molecule is C[C@H](NC(=O)/C=C/c1ccco1)[C@@H]1CCCO1. The molecule has 1 aliphatic heterocycles. The van der Waals surface area contributed by atoms with Crippen LogP contribution in [-0.4, -0.2) is 24.7 Å². The molecule has 1 aliphatic rings. The van der Waals surface area contributed by atoms with Crippen LogP contribution in [0.15, 0.2) is 28.9 Å². The minimum atomic E-state index is -0.121. The average Bonchev–Trinajstić information content (AvgIpc) is 2.99. The Kier molecular flexibility index (Phi) is 3.98. The third-order valence-electron chi connectivity index (χ3n) is 2.83. The van der Waals surface area contributed by atoms with Gasteiger partial charge in [-0.3, -0.25) is 4.79 Å². The molecule has 0 aliphatic carbocycles. The number of carbonyl (C=O) groups is 1. The molecule has 2 rings (SSSR count). The van der Waals surface area contributed by atoms with Crippen LogP contribution >= 0.6 is 0 Å². The van der Waals surface area contributed by atoms with Crippen molar-refractivity contribution in [2.24, 2.45) is 0 Å². The summed E-state index contributed by atoms with van der Waals surface area (Å²) in [5.41, 5.74) is 0. The van der Waals surface area contributed by atoms with Gasteiger partial charge < -0.3 is 14.5 Å². The number of carbonyl (C=O) groups excluding carboxylic acids is 1. The topological polar surface area (TPSA) is 51.5 Å². The van der Waals surface area contributed by atoms with Gasteiger partial charge in [0, 0.05) is 12.7 Å². The Hall–Kier alpha value is -1.55. The summed E-state index contributed by atoms with van der Waals surface area (Å²) in [7, 11) is 0. The van der Waals surface area contributed by atoms with Gasteiger partial charge in [-0.05, 0) is 38.0 Å². The molecule has 4 nitrogen and oxygen atoms in total. The number of ether oxygens (including phenoxy) is 1. The highest BCUT2D eigenvalue weighted by Crippen LogP contribution is 2.15. The van der Waals surface area contributed by atoms with Crippen molar-refractivity contribution in [3.63, 3.8) is 0 Å². The second-order valence-corrected chi connectivity index (χ2v) is 4.20. The van der Waals surface area contributed by atoms with Crippen molar-refractivity contribution in [1.82, 2.24) is 5.32 Å². The van der Waals surface area contributed by atoms with Crippen molar-refractivity contribution in [1.29, 1.82) is 0 Å². The van der Waals surface area contributed by atoms with E-state index >= 15 is 0 Å². The first-order chi connectivity index (χ1) is 8.25. The van der Waals surface area contributed by atoms with E-state index in [4.69, 9.17) is 9.15 Å². The number of hydrogen-bond donors (Lipinski definition) is 1. The van der Waals surface area contributed by atoms with E-state index in [1.54, 1.807) is 24.5 Å². The Balaban J connectivity index is 1.80. The third kappa shape index (κ3) is 3.46. The van der Waals surface area contributed by atoms with Gasteiger partial charge in [-0.2, -0.15) is 0 Å². The fourth-order valence-electron chi connectivity index (χ4n) is 1.91. The van der Waals surface area contributed by atoms with Crippen LogP contribution in [0.2, 0.25) is 0 Å². The van der Waals surface area contributed by atoms with Crippen LogP contribution in [0.3, 0.4) is 0 Å². The molecule has 0 unspecified atom stereocenters. The van der Waals surface area contributed by atoms with E-state index in [0.29, 0.717) is 5.76 Å². The van der Waals surface area contributed by atoms with Crippen LogP contribution < -0.4 is 5.32 Å². The summed E-state index contributed by atoms with van der Waals surface area (Å²) in [5.74, 6) is 0.550. The van der Waals surface area contributed by atoms with E-state index < -0.39 is 0 Å². The summed E-state index contributed by atoms with van der Waals surface area (Å²) in [6.45, 7) is 2.77. The van der Waals surface area contributed by atoms with Gasteiger partial charge >= 0.3 is 0 Å². The second-order valence-electron chi connectivity index (χ2n) is 4.20. The van der Waals surface area contributed by atoms with Gasteiger partial charge in [-0.1, -0.05) is 0 Å². The Morgan fingerprint density at radius 1 is 1.65 bits per heavy atom. The van der Waals surface area contributed by atoms with E-state index in [0.717, 1.165) is 19.4 Å². The minimum absolute atomic E-state index is 0.0475. The molecular formula is C13H17NO3. The van der Waals surface area contributed by atoms with Crippen molar-refractivity contribution < 1.29 is 13.9 Å². The van der Waals surface area contributed by atoms with Crippen LogP contribution in [0.1, 0.15) is 25.5 Å². The molecule has 2 heterocycles. The maximum atomic E-state index is 11.6. The molecule has 0 aromatic carbocycles. The first-order valence-electron chi connectivity index (χ1n) is 5.89. The molecule has 0 bridgehead atoms. The molecule has 0 spiro atoms. The lowest BCUT2D eigenvalue weighted by atomic mass is 10.1. The number of amides is 1. The van der Waals surface area contributed by atoms with Gasteiger partial charge in [0.05, 0.1) is 18.4 Å². The van der Waals surface area contributed by atoms with Crippen molar-refractivity contribution >= 4 is 12.0 Å². The van der Waals surface area contributed by atoms with Crippen LogP contribution in [0.25, 0.3) is 6.08 Å². The molecule has 0 saturated carbocycles. The summed E-state index contributed by atoms with van der Waals surface area (Å²) in [6.07, 6.45) is 6.95. The number of hydrogen-bond acceptors (Lipinski definition) is 3. The van der Waals surface area contributed by atoms with Crippen molar-refractivity contribution in [3.8, 4) is 0 Å². The molecule has 0 radical (unpaired) electrons. The van der Waals surface area contributed by atoms with Crippen molar-refractivity contribution in [2.45, 2.75) is 31.9 Å². The Morgan fingerprint density at radius 3 is 3.18 bits per heavy atom. The van der Waals surface area contributed by atoms with E-state index in [1.165, 1.54) is 6.08 Å². The van der Waals surface area contributed by atoms with Crippen molar-refractivity contribution in [2.75, 3.05) is 6.61 Å². The van der Waals surface area contributed by atoms with Gasteiger partial charge in [0.2, 0.25) is 5.91 Å². The fourth-order valence-corrected chi connectivity index (χ4v) is 1.91. The maximum Gasteiger partial charge on any atom is 0.244 e. The lowest BCUT2D eigenvalue weighted by Crippen LogP contribution is -2.39. The molecule has 1 saturated heterocycles. The Labute approximate surface area is 101 Å². The summed E-state index contributed by atoms with van der Waals surface area (Å²) in [6, 6.07) is 3.63. The number of furan rings is 1. The number of rotatable bonds is 4. The number of nitrogens with one attached hydrogen (secondary N) is 1. The summed E-state index contributed by atoms with van der Waals surface area (Å²) in [5, 5.41) is 2.89. The molecule has 1 N–H and O–H groups in total. The molecule has 1 aromatic rings. The van der Waals surface area contributed by atoms with E-state index in [2.05, 4.69) is 5.32 Å². The monoisotopic (exact) mass is 235 g/mol. The largest absolute Gasteiger partial charge is 0.465 e. The molecule has 1 fully saturated rings. The lowest BCUT2D eigenvalue weighted by molar-refractivity contribution is -0.117. The molecule has 1 amide bonds. The van der Waals surface area contributed by atoms with E-state index in [1.807, 2.05) is 6.92 Å². The molecular weight excluding hydrogens is 218 g/mol.